The highest BCUT2D eigenvalue weighted by molar-refractivity contribution is 7.98. The van der Waals surface area contributed by atoms with Crippen molar-refractivity contribution in [1.82, 2.24) is 25.1 Å². The second kappa shape index (κ2) is 6.61. The van der Waals surface area contributed by atoms with E-state index >= 15 is 0 Å². The summed E-state index contributed by atoms with van der Waals surface area (Å²) < 4.78 is 12.3. The summed E-state index contributed by atoms with van der Waals surface area (Å²) >= 11 is 7.21. The molecule has 0 aliphatic heterocycles. The average Bonchev–Trinajstić information content (AvgIpc) is 3.34. The first-order valence-corrected chi connectivity index (χ1v) is 8.52. The number of aromatic nitrogens is 5. The Morgan fingerprint density at radius 1 is 1.08 bits per heavy atom. The normalized spacial score (nSPS) is 11.1. The number of nitrogens with zero attached hydrogens (tertiary/aromatic N) is 5. The fourth-order valence-corrected chi connectivity index (χ4v) is 2.92. The third kappa shape index (κ3) is 3.24. The molecule has 2 N–H and O–H groups in total. The van der Waals surface area contributed by atoms with Gasteiger partial charge in [0.1, 0.15) is 0 Å². The van der Waals surface area contributed by atoms with Crippen LogP contribution >= 0.6 is 23.4 Å². The van der Waals surface area contributed by atoms with E-state index in [1.807, 2.05) is 12.1 Å². The minimum atomic E-state index is 0.411. The largest absolute Gasteiger partial charge is 0.461 e. The van der Waals surface area contributed by atoms with E-state index in [9.17, 15) is 0 Å². The second-order valence-electron chi connectivity index (χ2n) is 4.95. The van der Waals surface area contributed by atoms with Crippen LogP contribution in [0, 0.1) is 0 Å². The average molecular weight is 375 g/mol. The van der Waals surface area contributed by atoms with Crippen molar-refractivity contribution in [3.63, 3.8) is 0 Å². The first-order valence-electron chi connectivity index (χ1n) is 7.16. The first-order chi connectivity index (χ1) is 12.2. The third-order valence-electron chi connectivity index (χ3n) is 3.29. The number of rotatable bonds is 5. The summed E-state index contributed by atoms with van der Waals surface area (Å²) in [6, 6.07) is 10.7. The summed E-state index contributed by atoms with van der Waals surface area (Å²) in [6.45, 7) is 0. The minimum Gasteiger partial charge on any atom is -0.461 e. The van der Waals surface area contributed by atoms with E-state index in [0.29, 0.717) is 39.3 Å². The van der Waals surface area contributed by atoms with Crippen LogP contribution in [-0.4, -0.2) is 25.1 Å². The number of hydrogen-bond donors (Lipinski definition) is 1. The van der Waals surface area contributed by atoms with Gasteiger partial charge < -0.3 is 14.7 Å². The number of hydrogen-bond acceptors (Lipinski definition) is 8. The molecule has 0 amide bonds. The summed E-state index contributed by atoms with van der Waals surface area (Å²) in [5.41, 5.74) is 0.801. The molecule has 25 heavy (non-hydrogen) atoms. The van der Waals surface area contributed by atoms with Gasteiger partial charge >= 0.3 is 0 Å². The minimum absolute atomic E-state index is 0.411. The summed E-state index contributed by atoms with van der Waals surface area (Å²) in [5.74, 6) is 8.29. The standard InChI is InChI=1S/C15H11ClN6O2S/c16-10-5-3-9(4-6-10)14-20-18-12(24-14)8-25-15-21-19-13(22(15)17)11-2-1-7-23-11/h1-7H,8,17H2. The van der Waals surface area contributed by atoms with Gasteiger partial charge in [-0.1, -0.05) is 23.4 Å². The zero-order chi connectivity index (χ0) is 17.2. The smallest absolute Gasteiger partial charge is 0.247 e. The van der Waals surface area contributed by atoms with Crippen LogP contribution in [0.1, 0.15) is 5.89 Å². The van der Waals surface area contributed by atoms with Crippen molar-refractivity contribution in [1.29, 1.82) is 0 Å². The number of benzene rings is 1. The van der Waals surface area contributed by atoms with Gasteiger partial charge in [-0.2, -0.15) is 0 Å². The summed E-state index contributed by atoms with van der Waals surface area (Å²) in [6.07, 6.45) is 1.55. The lowest BCUT2D eigenvalue weighted by atomic mass is 10.2. The van der Waals surface area contributed by atoms with Crippen molar-refractivity contribution < 1.29 is 8.83 Å². The van der Waals surface area contributed by atoms with Gasteiger partial charge in [-0.3, -0.25) is 0 Å². The molecule has 4 aromatic rings. The molecule has 8 nitrogen and oxygen atoms in total. The van der Waals surface area contributed by atoms with Crippen LogP contribution in [-0.2, 0) is 5.75 Å². The molecular weight excluding hydrogens is 364 g/mol. The molecule has 3 aromatic heterocycles. The molecule has 0 bridgehead atoms. The third-order valence-corrected chi connectivity index (χ3v) is 4.47. The second-order valence-corrected chi connectivity index (χ2v) is 6.33. The van der Waals surface area contributed by atoms with E-state index in [-0.39, 0.29) is 0 Å². The quantitative estimate of drug-likeness (QED) is 0.419. The molecule has 10 heteroatoms. The molecule has 0 saturated heterocycles. The predicted octanol–water partition coefficient (Wildman–Crippen LogP) is 3.25. The molecule has 1 aromatic carbocycles. The van der Waals surface area contributed by atoms with Crippen LogP contribution in [0.2, 0.25) is 5.02 Å². The highest BCUT2D eigenvalue weighted by Crippen LogP contribution is 2.26. The number of nitrogen functional groups attached to an aromatic ring is 1. The van der Waals surface area contributed by atoms with Crippen molar-refractivity contribution in [2.45, 2.75) is 10.9 Å². The molecule has 0 spiro atoms. The Kier molecular flexibility index (Phi) is 4.16. The molecule has 3 heterocycles. The number of nitrogens with two attached hydrogens (primary N) is 1. The molecule has 4 rings (SSSR count). The topological polar surface area (TPSA) is 109 Å². The van der Waals surface area contributed by atoms with Gasteiger partial charge in [-0.15, -0.1) is 20.4 Å². The lowest BCUT2D eigenvalue weighted by Gasteiger charge is -2.00. The van der Waals surface area contributed by atoms with Gasteiger partial charge in [0.15, 0.2) is 5.76 Å². The Morgan fingerprint density at radius 3 is 2.68 bits per heavy atom. The van der Waals surface area contributed by atoms with E-state index in [1.165, 1.54) is 16.4 Å². The lowest BCUT2D eigenvalue weighted by molar-refractivity contribution is 0.528. The van der Waals surface area contributed by atoms with Gasteiger partial charge in [0.25, 0.3) is 0 Å². The Hall–Kier alpha value is -2.78. The molecular formula is C15H11ClN6O2S. The fraction of sp³-hybridized carbons (Fsp3) is 0.0667. The van der Waals surface area contributed by atoms with Crippen LogP contribution in [0.4, 0.5) is 0 Å². The molecule has 0 fully saturated rings. The summed E-state index contributed by atoms with van der Waals surface area (Å²) in [7, 11) is 0. The van der Waals surface area contributed by atoms with Crippen LogP contribution in [0.5, 0.6) is 0 Å². The monoisotopic (exact) mass is 374 g/mol. The molecule has 0 radical (unpaired) electrons. The van der Waals surface area contributed by atoms with E-state index in [0.717, 1.165) is 5.56 Å². The van der Waals surface area contributed by atoms with Gasteiger partial charge in [0, 0.05) is 10.6 Å². The summed E-state index contributed by atoms with van der Waals surface area (Å²) in [4.78, 5) is 0. The number of thioether (sulfide) groups is 1. The van der Waals surface area contributed by atoms with Crippen molar-refractivity contribution >= 4 is 23.4 Å². The van der Waals surface area contributed by atoms with Gasteiger partial charge in [0.05, 0.1) is 12.0 Å². The molecule has 0 aliphatic carbocycles. The maximum Gasteiger partial charge on any atom is 0.247 e. The SMILES string of the molecule is Nn1c(SCc2nnc(-c3ccc(Cl)cc3)o2)nnc1-c1ccco1. The number of furan rings is 1. The van der Waals surface area contributed by atoms with E-state index in [1.54, 1.807) is 30.5 Å². The van der Waals surface area contributed by atoms with Gasteiger partial charge in [0.2, 0.25) is 22.8 Å². The Balaban J connectivity index is 1.46. The van der Waals surface area contributed by atoms with E-state index in [2.05, 4.69) is 20.4 Å². The molecule has 0 aliphatic rings. The molecule has 0 atom stereocenters. The van der Waals surface area contributed by atoms with Gasteiger partial charge in [-0.05, 0) is 36.4 Å². The van der Waals surface area contributed by atoms with Crippen LogP contribution in [0.15, 0.2) is 56.7 Å². The molecule has 0 saturated carbocycles. The highest BCUT2D eigenvalue weighted by atomic mass is 35.5. The zero-order valence-corrected chi connectivity index (χ0v) is 14.2. The number of halogens is 1. The van der Waals surface area contributed by atoms with Crippen LogP contribution in [0.25, 0.3) is 23.0 Å². The van der Waals surface area contributed by atoms with E-state index in [4.69, 9.17) is 26.3 Å². The summed E-state index contributed by atoms with van der Waals surface area (Å²) in [5, 5.41) is 17.3. The molecule has 126 valence electrons. The van der Waals surface area contributed by atoms with Crippen molar-refractivity contribution in [3.05, 3.63) is 53.6 Å². The zero-order valence-electron chi connectivity index (χ0n) is 12.7. The van der Waals surface area contributed by atoms with Crippen molar-refractivity contribution in [2.75, 3.05) is 5.84 Å². The van der Waals surface area contributed by atoms with E-state index < -0.39 is 0 Å². The highest BCUT2D eigenvalue weighted by Gasteiger charge is 2.16. The molecule has 0 unspecified atom stereocenters. The van der Waals surface area contributed by atoms with Crippen molar-refractivity contribution in [3.8, 4) is 23.0 Å². The van der Waals surface area contributed by atoms with Crippen LogP contribution in [0.3, 0.4) is 0 Å². The predicted molar refractivity (Wildman–Crippen MR) is 92.2 cm³/mol. The maximum absolute atomic E-state index is 6.00. The Bertz CT molecular complexity index is 980. The fourth-order valence-electron chi connectivity index (χ4n) is 2.10. The maximum atomic E-state index is 6.00. The van der Waals surface area contributed by atoms with Crippen molar-refractivity contribution in [2.24, 2.45) is 0 Å². The first kappa shape index (κ1) is 15.7. The van der Waals surface area contributed by atoms with Gasteiger partial charge in [-0.25, -0.2) is 4.68 Å². The Morgan fingerprint density at radius 2 is 1.92 bits per heavy atom. The Labute approximate surface area is 151 Å². The lowest BCUT2D eigenvalue weighted by Crippen LogP contribution is -2.11. The van der Waals surface area contributed by atoms with Crippen LogP contribution < -0.4 is 5.84 Å².